The highest BCUT2D eigenvalue weighted by atomic mass is 16.5. The van der Waals surface area contributed by atoms with E-state index in [0.717, 1.165) is 70.6 Å². The van der Waals surface area contributed by atoms with E-state index < -0.39 is 5.60 Å². The first-order valence-electron chi connectivity index (χ1n) is 18.1. The molecular weight excluding hydrogens is 556 g/mol. The molecule has 0 amide bonds. The third-order valence-electron chi connectivity index (χ3n) is 10.3. The van der Waals surface area contributed by atoms with Crippen LogP contribution in [0.3, 0.4) is 0 Å². The second kappa shape index (κ2) is 19.1. The van der Waals surface area contributed by atoms with Crippen LogP contribution in [0.1, 0.15) is 137 Å². The fourth-order valence-corrected chi connectivity index (χ4v) is 8.15. The Labute approximate surface area is 277 Å². The van der Waals surface area contributed by atoms with Crippen LogP contribution in [0.5, 0.6) is 0 Å². The summed E-state index contributed by atoms with van der Waals surface area (Å²) in [5, 5.41) is 10.8. The third kappa shape index (κ3) is 14.3. The Kier molecular flexibility index (Phi) is 16.8. The van der Waals surface area contributed by atoms with Gasteiger partial charge in [-0.25, -0.2) is 0 Å². The first kappa shape index (κ1) is 39.4. The Morgan fingerprint density at radius 3 is 2.20 bits per heavy atom. The van der Waals surface area contributed by atoms with Gasteiger partial charge in [-0.05, 0) is 126 Å². The van der Waals surface area contributed by atoms with E-state index in [2.05, 4.69) is 47.1 Å². The smallest absolute Gasteiger partial charge is 0.158 e. The monoisotopic (exact) mass is 625 g/mol. The molecule has 3 unspecified atom stereocenters. The molecule has 0 aromatic carbocycles. The van der Waals surface area contributed by atoms with Crippen LogP contribution in [0.2, 0.25) is 0 Å². The molecule has 256 valence electrons. The van der Waals surface area contributed by atoms with Crippen LogP contribution in [-0.4, -0.2) is 35.5 Å². The average molecular weight is 625 g/mol. The SMILES string of the molecule is C=CCCCC(=O)C(=C)C(CCC=C)CCOCC1C(C(=O)[C@@H](CC(=C)CC(C)(C)C)C2CCCCC2)CC[C@H]1CC(C)(C)O. The molecule has 2 rings (SSSR count). The van der Waals surface area contributed by atoms with Crippen LogP contribution in [0, 0.1) is 40.9 Å². The zero-order chi connectivity index (χ0) is 33.6. The lowest BCUT2D eigenvalue weighted by molar-refractivity contribution is -0.131. The van der Waals surface area contributed by atoms with Crippen molar-refractivity contribution >= 4 is 11.6 Å². The van der Waals surface area contributed by atoms with Gasteiger partial charge >= 0.3 is 0 Å². The van der Waals surface area contributed by atoms with E-state index in [0.29, 0.717) is 43.3 Å². The molecule has 0 bridgehead atoms. The number of aliphatic hydroxyl groups is 1. The number of carbonyl (C=O) groups excluding carboxylic acids is 2. The molecule has 0 saturated heterocycles. The molecule has 2 saturated carbocycles. The van der Waals surface area contributed by atoms with Gasteiger partial charge in [-0.15, -0.1) is 13.2 Å². The van der Waals surface area contributed by atoms with Gasteiger partial charge in [0.1, 0.15) is 5.78 Å². The van der Waals surface area contributed by atoms with Crippen molar-refractivity contribution in [1.82, 2.24) is 0 Å². The average Bonchev–Trinajstić information content (AvgIpc) is 3.34. The summed E-state index contributed by atoms with van der Waals surface area (Å²) in [6, 6.07) is 0. The van der Waals surface area contributed by atoms with Gasteiger partial charge < -0.3 is 9.84 Å². The van der Waals surface area contributed by atoms with Gasteiger partial charge in [0.05, 0.1) is 12.2 Å². The summed E-state index contributed by atoms with van der Waals surface area (Å²) < 4.78 is 6.41. The molecule has 2 aliphatic rings. The Balaban J connectivity index is 2.17. The fourth-order valence-electron chi connectivity index (χ4n) is 8.15. The minimum absolute atomic E-state index is 0.0345. The van der Waals surface area contributed by atoms with Crippen molar-refractivity contribution in [2.45, 2.75) is 143 Å². The number of hydrogen-bond donors (Lipinski definition) is 1. The first-order chi connectivity index (χ1) is 21.2. The van der Waals surface area contributed by atoms with Crippen LogP contribution in [0.15, 0.2) is 49.6 Å². The molecule has 0 spiro atoms. The van der Waals surface area contributed by atoms with Gasteiger partial charge in [0, 0.05) is 24.9 Å². The maximum Gasteiger partial charge on any atom is 0.158 e. The van der Waals surface area contributed by atoms with E-state index in [-0.39, 0.29) is 40.8 Å². The van der Waals surface area contributed by atoms with Crippen molar-refractivity contribution in [2.24, 2.45) is 40.9 Å². The number of allylic oxidation sites excluding steroid dienone is 4. The van der Waals surface area contributed by atoms with Crippen LogP contribution >= 0.6 is 0 Å². The predicted octanol–water partition coefficient (Wildman–Crippen LogP) is 10.4. The van der Waals surface area contributed by atoms with Crippen LogP contribution in [0.25, 0.3) is 0 Å². The van der Waals surface area contributed by atoms with E-state index in [1.54, 1.807) is 0 Å². The summed E-state index contributed by atoms with van der Waals surface area (Å²) >= 11 is 0. The quantitative estimate of drug-likeness (QED) is 0.0739. The highest BCUT2D eigenvalue weighted by molar-refractivity contribution is 5.95. The number of ketones is 2. The van der Waals surface area contributed by atoms with Gasteiger partial charge in [-0.1, -0.05) is 70.9 Å². The number of carbonyl (C=O) groups is 2. The maximum atomic E-state index is 14.6. The van der Waals surface area contributed by atoms with Gasteiger partial charge in [-0.3, -0.25) is 9.59 Å². The van der Waals surface area contributed by atoms with Crippen molar-refractivity contribution in [3.8, 4) is 0 Å². The maximum absolute atomic E-state index is 14.6. The van der Waals surface area contributed by atoms with E-state index in [1.165, 1.54) is 24.8 Å². The first-order valence-corrected chi connectivity index (χ1v) is 18.1. The predicted molar refractivity (Wildman–Crippen MR) is 190 cm³/mol. The van der Waals surface area contributed by atoms with E-state index in [4.69, 9.17) is 4.74 Å². The molecule has 45 heavy (non-hydrogen) atoms. The lowest BCUT2D eigenvalue weighted by atomic mass is 9.70. The Morgan fingerprint density at radius 1 is 0.933 bits per heavy atom. The van der Waals surface area contributed by atoms with Crippen LogP contribution < -0.4 is 0 Å². The molecule has 0 aromatic rings. The summed E-state index contributed by atoms with van der Waals surface area (Å²) in [7, 11) is 0. The fraction of sp³-hybridized carbons (Fsp3) is 0.756. The molecule has 0 aliphatic heterocycles. The molecule has 4 nitrogen and oxygen atoms in total. The van der Waals surface area contributed by atoms with Gasteiger partial charge in [0.15, 0.2) is 5.78 Å². The van der Waals surface area contributed by atoms with Crippen LogP contribution in [0.4, 0.5) is 0 Å². The number of hydrogen-bond acceptors (Lipinski definition) is 4. The highest BCUT2D eigenvalue weighted by Gasteiger charge is 2.45. The van der Waals surface area contributed by atoms with Crippen molar-refractivity contribution in [3.63, 3.8) is 0 Å². The summed E-state index contributed by atoms with van der Waals surface area (Å²) in [6.07, 6.45) is 18.5. The van der Waals surface area contributed by atoms with Gasteiger partial charge in [-0.2, -0.15) is 0 Å². The molecule has 0 aromatic heterocycles. The summed E-state index contributed by atoms with van der Waals surface area (Å²) in [5.41, 5.74) is 1.27. The molecule has 2 aliphatic carbocycles. The zero-order valence-electron chi connectivity index (χ0n) is 29.8. The lowest BCUT2D eigenvalue weighted by Gasteiger charge is -2.35. The van der Waals surface area contributed by atoms with E-state index in [9.17, 15) is 14.7 Å². The number of ether oxygens (including phenoxy) is 1. The minimum atomic E-state index is -0.788. The normalized spacial score (nSPS) is 22.5. The number of rotatable bonds is 22. The number of unbranched alkanes of at least 4 members (excludes halogenated alkanes) is 1. The molecule has 5 atom stereocenters. The summed E-state index contributed by atoms with van der Waals surface area (Å²) in [6.45, 7) is 27.8. The second-order valence-corrected chi connectivity index (χ2v) is 16.3. The van der Waals surface area contributed by atoms with E-state index in [1.807, 2.05) is 26.0 Å². The van der Waals surface area contributed by atoms with Crippen molar-refractivity contribution in [2.75, 3.05) is 13.2 Å². The third-order valence-corrected chi connectivity index (χ3v) is 10.3. The highest BCUT2D eigenvalue weighted by Crippen LogP contribution is 2.46. The molecule has 2 fully saturated rings. The molecule has 4 heteroatoms. The standard InChI is InChI=1S/C41H68O4/c1-10-12-15-21-38(42)31(4)32(18-13-11-2)24-25-45-29-37-34(28-41(8,9)44)22-23-35(37)39(43)36(33-19-16-14-17-20-33)26-30(3)27-40(5,6)7/h10-11,32-37,44H,1-4,12-29H2,5-9H3/t32?,34-,35?,36-,37?/m0/s1. The lowest BCUT2D eigenvalue weighted by Crippen LogP contribution is -2.36. The van der Waals surface area contributed by atoms with Crippen molar-refractivity contribution in [1.29, 1.82) is 0 Å². The Bertz CT molecular complexity index is 970. The second-order valence-electron chi connectivity index (χ2n) is 16.3. The van der Waals surface area contributed by atoms with Crippen LogP contribution in [-0.2, 0) is 14.3 Å². The molecule has 0 radical (unpaired) electrons. The topological polar surface area (TPSA) is 63.6 Å². The number of Topliss-reactive ketones (excluding diaryl/α,β-unsaturated/α-hetero) is 2. The minimum Gasteiger partial charge on any atom is -0.390 e. The molecule has 1 N–H and O–H groups in total. The Morgan fingerprint density at radius 2 is 1.60 bits per heavy atom. The zero-order valence-corrected chi connectivity index (χ0v) is 29.8. The van der Waals surface area contributed by atoms with Crippen molar-refractivity contribution < 1.29 is 19.4 Å². The van der Waals surface area contributed by atoms with Gasteiger partial charge in [0.2, 0.25) is 0 Å². The molecular formula is C41H68O4. The summed E-state index contributed by atoms with van der Waals surface area (Å²) in [5.74, 6) is 1.42. The summed E-state index contributed by atoms with van der Waals surface area (Å²) in [4.78, 5) is 27.4. The largest absolute Gasteiger partial charge is 0.390 e. The Hall–Kier alpha value is -1.78. The van der Waals surface area contributed by atoms with Crippen molar-refractivity contribution in [3.05, 3.63) is 49.6 Å². The van der Waals surface area contributed by atoms with Gasteiger partial charge in [0.25, 0.3) is 0 Å². The van der Waals surface area contributed by atoms with E-state index >= 15 is 0 Å². The molecule has 0 heterocycles.